The second-order valence-electron chi connectivity index (χ2n) is 6.92. The zero-order valence-corrected chi connectivity index (χ0v) is 15.3. The Morgan fingerprint density at radius 3 is 2.20 bits per heavy atom. The van der Waals surface area contributed by atoms with Crippen molar-refractivity contribution in [3.63, 3.8) is 0 Å². The first-order valence-electron chi connectivity index (χ1n) is 8.33. The minimum atomic E-state index is -0.548. The molecule has 1 heterocycles. The fourth-order valence-electron chi connectivity index (χ4n) is 4.80. The van der Waals surface area contributed by atoms with Gasteiger partial charge < -0.3 is 0 Å². The number of hydrogen-bond acceptors (Lipinski definition) is 3. The van der Waals surface area contributed by atoms with Gasteiger partial charge in [0.25, 0.3) is 0 Å². The summed E-state index contributed by atoms with van der Waals surface area (Å²) in [4.78, 5) is 40.2. The van der Waals surface area contributed by atoms with Gasteiger partial charge in [0.15, 0.2) is 0 Å². The van der Waals surface area contributed by atoms with Crippen LogP contribution in [-0.2, 0) is 14.4 Å². The van der Waals surface area contributed by atoms with Gasteiger partial charge in [0.05, 0.1) is 23.4 Å². The molecule has 2 amide bonds. The zero-order valence-electron chi connectivity index (χ0n) is 13.2. The quantitative estimate of drug-likeness (QED) is 0.503. The highest BCUT2D eigenvalue weighted by atomic mass is 127. The van der Waals surface area contributed by atoms with Crippen LogP contribution in [0, 0.1) is 15.4 Å². The number of imide groups is 1. The van der Waals surface area contributed by atoms with Crippen LogP contribution in [0.1, 0.15) is 29.4 Å². The third-order valence-electron chi connectivity index (χ3n) is 5.77. The molecule has 0 N–H and O–H groups in total. The Labute approximate surface area is 158 Å². The predicted molar refractivity (Wildman–Crippen MR) is 100 cm³/mol. The number of halogens is 1. The van der Waals surface area contributed by atoms with Crippen LogP contribution >= 0.6 is 22.6 Å². The molecule has 2 aromatic carbocycles. The number of hydrogen-bond donors (Lipinski definition) is 0. The maximum absolute atomic E-state index is 13.1. The molecule has 3 aliphatic carbocycles. The Balaban J connectivity index is 1.65. The van der Waals surface area contributed by atoms with Crippen molar-refractivity contribution in [2.24, 2.45) is 11.8 Å². The van der Waals surface area contributed by atoms with Gasteiger partial charge in [-0.15, -0.1) is 0 Å². The largest absolute Gasteiger partial charge is 0.299 e. The first-order chi connectivity index (χ1) is 12.1. The maximum Gasteiger partial charge on any atom is 0.238 e. The molecule has 1 saturated carbocycles. The first kappa shape index (κ1) is 15.3. The zero-order chi connectivity index (χ0) is 17.3. The third kappa shape index (κ3) is 1.96. The fourth-order valence-corrected chi connectivity index (χ4v) is 5.16. The van der Waals surface area contributed by atoms with Crippen LogP contribution in [-0.4, -0.2) is 17.6 Å². The Bertz CT molecular complexity index is 936. The Kier molecular flexibility index (Phi) is 3.20. The molecule has 1 saturated heterocycles. The van der Waals surface area contributed by atoms with Crippen LogP contribution in [0.5, 0.6) is 0 Å². The summed E-state index contributed by atoms with van der Waals surface area (Å²) in [7, 11) is 0. The predicted octanol–water partition coefficient (Wildman–Crippen LogP) is 3.25. The van der Waals surface area contributed by atoms with Gasteiger partial charge in [-0.25, -0.2) is 0 Å². The molecular weight excluding hydrogens is 429 g/mol. The van der Waals surface area contributed by atoms with E-state index in [4.69, 9.17) is 0 Å². The molecule has 4 atom stereocenters. The van der Waals surface area contributed by atoms with Crippen LogP contribution in [0.15, 0.2) is 48.5 Å². The van der Waals surface area contributed by atoms with Crippen molar-refractivity contribution in [1.82, 2.24) is 0 Å². The summed E-state index contributed by atoms with van der Waals surface area (Å²) >= 11 is 2.19. The second kappa shape index (κ2) is 5.24. The highest BCUT2D eigenvalue weighted by Crippen LogP contribution is 2.57. The van der Waals surface area contributed by atoms with Crippen LogP contribution in [0.4, 0.5) is 5.69 Å². The topological polar surface area (TPSA) is 54.5 Å². The number of amides is 2. The highest BCUT2D eigenvalue weighted by Gasteiger charge is 2.62. The fraction of sp³-hybridized carbons (Fsp3) is 0.250. The summed E-state index contributed by atoms with van der Waals surface area (Å²) < 4.78 is 1.04. The van der Waals surface area contributed by atoms with Crippen molar-refractivity contribution in [2.75, 3.05) is 4.90 Å². The number of benzene rings is 2. The lowest BCUT2D eigenvalue weighted by atomic mass is 9.56. The molecule has 1 aliphatic heterocycles. The van der Waals surface area contributed by atoms with Crippen molar-refractivity contribution in [2.45, 2.75) is 18.3 Å². The molecule has 0 spiro atoms. The highest BCUT2D eigenvalue weighted by molar-refractivity contribution is 14.1. The number of nitrogens with zero attached hydrogens (tertiary/aromatic N) is 1. The number of carbonyl (C=O) groups is 3. The molecule has 0 radical (unpaired) electrons. The van der Waals surface area contributed by atoms with Gasteiger partial charge in [-0.3, -0.25) is 19.3 Å². The summed E-state index contributed by atoms with van der Waals surface area (Å²) in [5, 5.41) is 0. The molecule has 0 unspecified atom stereocenters. The van der Waals surface area contributed by atoms with Crippen molar-refractivity contribution in [3.05, 3.63) is 63.2 Å². The van der Waals surface area contributed by atoms with Crippen molar-refractivity contribution in [1.29, 1.82) is 0 Å². The third-order valence-corrected chi connectivity index (χ3v) is 6.49. The second-order valence-corrected chi connectivity index (χ2v) is 8.17. The minimum absolute atomic E-state index is 0.0931. The van der Waals surface area contributed by atoms with Gasteiger partial charge in [0, 0.05) is 15.9 Å². The molecular formula is C20H14INO3. The van der Waals surface area contributed by atoms with Gasteiger partial charge >= 0.3 is 0 Å². The summed E-state index contributed by atoms with van der Waals surface area (Å²) in [6, 6.07) is 15.1. The van der Waals surface area contributed by atoms with E-state index in [1.54, 1.807) is 12.1 Å². The number of anilines is 1. The van der Waals surface area contributed by atoms with Crippen LogP contribution in [0.3, 0.4) is 0 Å². The van der Waals surface area contributed by atoms with E-state index in [0.29, 0.717) is 12.1 Å². The summed E-state index contributed by atoms with van der Waals surface area (Å²) in [6.07, 6.45) is 0.363. The van der Waals surface area contributed by atoms with Crippen molar-refractivity contribution in [3.8, 4) is 0 Å². The monoisotopic (exact) mass is 443 g/mol. The van der Waals surface area contributed by atoms with E-state index in [1.165, 1.54) is 4.90 Å². The SMILES string of the molecule is O=C1C[C@H]2c3ccccc3[C@@H]1[C@H]1C(=O)N(c3ccc(I)cc3)C(=O)[C@@H]12. The summed E-state index contributed by atoms with van der Waals surface area (Å²) in [5.74, 6) is -1.91. The molecule has 124 valence electrons. The van der Waals surface area contributed by atoms with E-state index in [1.807, 2.05) is 36.4 Å². The Morgan fingerprint density at radius 2 is 1.48 bits per heavy atom. The number of ketones is 1. The van der Waals surface area contributed by atoms with E-state index in [9.17, 15) is 14.4 Å². The lowest BCUT2D eigenvalue weighted by Crippen LogP contribution is -2.44. The molecule has 2 bridgehead atoms. The average molecular weight is 443 g/mol. The van der Waals surface area contributed by atoms with E-state index in [-0.39, 0.29) is 23.5 Å². The smallest absolute Gasteiger partial charge is 0.238 e. The average Bonchev–Trinajstić information content (AvgIpc) is 2.88. The summed E-state index contributed by atoms with van der Waals surface area (Å²) in [6.45, 7) is 0. The van der Waals surface area contributed by atoms with Gasteiger partial charge in [-0.05, 0) is 58.0 Å². The molecule has 6 rings (SSSR count). The molecule has 0 aromatic heterocycles. The van der Waals surface area contributed by atoms with Gasteiger partial charge in [-0.1, -0.05) is 24.3 Å². The normalized spacial score (nSPS) is 29.8. The molecule has 2 aromatic rings. The van der Waals surface area contributed by atoms with Gasteiger partial charge in [0.1, 0.15) is 5.78 Å². The minimum Gasteiger partial charge on any atom is -0.299 e. The maximum atomic E-state index is 13.1. The molecule has 4 nitrogen and oxygen atoms in total. The number of fused-ring (bicyclic) bond motifs is 1. The molecule has 5 heteroatoms. The lowest BCUT2D eigenvalue weighted by molar-refractivity contribution is -0.134. The standard InChI is InChI=1S/C20H14INO3/c21-10-5-7-11(8-6-10)22-19(24)17-14-9-15(23)16(18(17)20(22)25)13-4-2-1-3-12(13)14/h1-8,14,16-18H,9H2/t14-,16-,17+,18+/m0/s1. The van der Waals surface area contributed by atoms with E-state index in [2.05, 4.69) is 22.6 Å². The van der Waals surface area contributed by atoms with Crippen LogP contribution in [0.25, 0.3) is 0 Å². The van der Waals surface area contributed by atoms with Gasteiger partial charge in [-0.2, -0.15) is 0 Å². The van der Waals surface area contributed by atoms with E-state index in [0.717, 1.165) is 14.7 Å². The number of Topliss-reactive ketones (excluding diaryl/α,β-unsaturated/α-hetero) is 1. The lowest BCUT2D eigenvalue weighted by Gasteiger charge is -2.43. The van der Waals surface area contributed by atoms with E-state index >= 15 is 0 Å². The van der Waals surface area contributed by atoms with E-state index < -0.39 is 17.8 Å². The Morgan fingerprint density at radius 1 is 0.840 bits per heavy atom. The van der Waals surface area contributed by atoms with Gasteiger partial charge in [0.2, 0.25) is 11.8 Å². The number of carbonyl (C=O) groups excluding carboxylic acids is 3. The molecule has 25 heavy (non-hydrogen) atoms. The molecule has 4 aliphatic rings. The first-order valence-corrected chi connectivity index (χ1v) is 9.40. The molecule has 2 fully saturated rings. The van der Waals surface area contributed by atoms with Crippen molar-refractivity contribution < 1.29 is 14.4 Å². The van der Waals surface area contributed by atoms with Crippen LogP contribution < -0.4 is 4.90 Å². The summed E-state index contributed by atoms with van der Waals surface area (Å²) in [5.41, 5.74) is 2.61. The Hall–Kier alpha value is -2.02. The number of rotatable bonds is 1. The van der Waals surface area contributed by atoms with Crippen molar-refractivity contribution >= 4 is 45.9 Å². The van der Waals surface area contributed by atoms with Crippen LogP contribution in [0.2, 0.25) is 0 Å².